The number of anilines is 1. The molecule has 1 heterocycles. The molecule has 1 saturated heterocycles. The highest BCUT2D eigenvalue weighted by atomic mass is 35.5. The largest absolute Gasteiger partial charge is 0.394 e. The molecule has 18 heavy (non-hydrogen) atoms. The van der Waals surface area contributed by atoms with Crippen LogP contribution >= 0.6 is 23.8 Å². The van der Waals surface area contributed by atoms with Gasteiger partial charge in [0.2, 0.25) is 0 Å². The molecule has 0 radical (unpaired) electrons. The first-order valence-electron chi connectivity index (χ1n) is 6.15. The highest BCUT2D eigenvalue weighted by Crippen LogP contribution is 2.19. The van der Waals surface area contributed by atoms with Crippen LogP contribution in [0.1, 0.15) is 19.3 Å². The lowest BCUT2D eigenvalue weighted by Crippen LogP contribution is -2.47. The summed E-state index contributed by atoms with van der Waals surface area (Å²) < 4.78 is 0. The average Bonchev–Trinajstić information content (AvgIpc) is 2.41. The predicted octanol–water partition coefficient (Wildman–Crippen LogP) is 2.88. The summed E-state index contributed by atoms with van der Waals surface area (Å²) in [6.45, 7) is 1.06. The second-order valence-electron chi connectivity index (χ2n) is 4.46. The molecule has 1 fully saturated rings. The van der Waals surface area contributed by atoms with Crippen LogP contribution in [-0.2, 0) is 0 Å². The third kappa shape index (κ3) is 3.34. The maximum absolute atomic E-state index is 9.37. The first-order chi connectivity index (χ1) is 8.70. The molecule has 5 heteroatoms. The Balaban J connectivity index is 2.00. The van der Waals surface area contributed by atoms with Gasteiger partial charge >= 0.3 is 0 Å². The van der Waals surface area contributed by atoms with E-state index in [0.29, 0.717) is 10.1 Å². The minimum absolute atomic E-state index is 0.144. The third-order valence-corrected chi connectivity index (χ3v) is 3.78. The monoisotopic (exact) mass is 284 g/mol. The maximum atomic E-state index is 9.37. The Labute approximate surface area is 118 Å². The summed E-state index contributed by atoms with van der Waals surface area (Å²) in [5.74, 6) is 0. The Bertz CT molecular complexity index is 410. The number of thiocarbonyl (C=S) groups is 1. The van der Waals surface area contributed by atoms with Gasteiger partial charge in [-0.05, 0) is 55.7 Å². The van der Waals surface area contributed by atoms with Crippen LogP contribution in [0.4, 0.5) is 5.69 Å². The molecule has 0 bridgehead atoms. The molecule has 1 aliphatic heterocycles. The molecule has 0 aromatic heterocycles. The van der Waals surface area contributed by atoms with Gasteiger partial charge in [0.1, 0.15) is 0 Å². The quantitative estimate of drug-likeness (QED) is 0.819. The van der Waals surface area contributed by atoms with Crippen molar-refractivity contribution >= 4 is 34.6 Å². The highest BCUT2D eigenvalue weighted by Gasteiger charge is 2.23. The Morgan fingerprint density at radius 2 is 2.11 bits per heavy atom. The molecule has 0 spiro atoms. The molecule has 0 aliphatic carbocycles. The highest BCUT2D eigenvalue weighted by molar-refractivity contribution is 7.80. The second-order valence-corrected chi connectivity index (χ2v) is 5.29. The molecule has 1 atom stereocenters. The van der Waals surface area contributed by atoms with Gasteiger partial charge in [0.25, 0.3) is 0 Å². The summed E-state index contributed by atoms with van der Waals surface area (Å²) in [6.07, 6.45) is 3.28. The zero-order chi connectivity index (χ0) is 13.0. The van der Waals surface area contributed by atoms with Gasteiger partial charge in [-0.15, -0.1) is 0 Å². The lowest BCUT2D eigenvalue weighted by molar-refractivity contribution is 0.149. The first kappa shape index (κ1) is 13.6. The van der Waals surface area contributed by atoms with Crippen molar-refractivity contribution in [1.82, 2.24) is 4.90 Å². The van der Waals surface area contributed by atoms with E-state index < -0.39 is 0 Å². The van der Waals surface area contributed by atoms with Crippen molar-refractivity contribution in [2.24, 2.45) is 0 Å². The van der Waals surface area contributed by atoms with Gasteiger partial charge in [-0.2, -0.15) is 0 Å². The maximum Gasteiger partial charge on any atom is 0.173 e. The molecule has 2 rings (SSSR count). The van der Waals surface area contributed by atoms with Crippen molar-refractivity contribution < 1.29 is 5.11 Å². The summed E-state index contributed by atoms with van der Waals surface area (Å²) in [5, 5.41) is 13.9. The van der Waals surface area contributed by atoms with Gasteiger partial charge in [0, 0.05) is 17.3 Å². The smallest absolute Gasteiger partial charge is 0.173 e. The fourth-order valence-electron chi connectivity index (χ4n) is 2.19. The van der Waals surface area contributed by atoms with Gasteiger partial charge < -0.3 is 15.3 Å². The lowest BCUT2D eigenvalue weighted by atomic mass is 10.0. The Morgan fingerprint density at radius 3 is 2.78 bits per heavy atom. The van der Waals surface area contributed by atoms with Crippen molar-refractivity contribution in [2.45, 2.75) is 25.3 Å². The number of nitrogens with one attached hydrogen (secondary N) is 1. The molecule has 1 aromatic rings. The summed E-state index contributed by atoms with van der Waals surface area (Å²) >= 11 is 11.2. The summed E-state index contributed by atoms with van der Waals surface area (Å²) in [7, 11) is 0. The third-order valence-electron chi connectivity index (χ3n) is 3.19. The van der Waals surface area contributed by atoms with Crippen LogP contribution in [0.2, 0.25) is 5.02 Å². The number of halogens is 1. The molecule has 1 aliphatic rings. The van der Waals surface area contributed by atoms with Crippen molar-refractivity contribution in [3.63, 3.8) is 0 Å². The summed E-state index contributed by atoms with van der Waals surface area (Å²) in [6, 6.07) is 7.59. The SMILES string of the molecule is OCC1CCCCN1C(=S)Nc1ccc(Cl)cc1. The Hall–Kier alpha value is -0.840. The van der Waals surface area contributed by atoms with E-state index in [2.05, 4.69) is 10.2 Å². The number of piperidine rings is 1. The average molecular weight is 285 g/mol. The number of nitrogens with zero attached hydrogens (tertiary/aromatic N) is 1. The van der Waals surface area contributed by atoms with Crippen molar-refractivity contribution in [3.8, 4) is 0 Å². The number of rotatable bonds is 2. The van der Waals surface area contributed by atoms with Gasteiger partial charge in [0.15, 0.2) is 5.11 Å². The predicted molar refractivity (Wildman–Crippen MR) is 79.1 cm³/mol. The number of aliphatic hydroxyl groups is 1. The zero-order valence-corrected chi connectivity index (χ0v) is 11.7. The van der Waals surface area contributed by atoms with Crippen molar-refractivity contribution in [2.75, 3.05) is 18.5 Å². The van der Waals surface area contributed by atoms with Gasteiger partial charge in [-0.25, -0.2) is 0 Å². The molecule has 2 N–H and O–H groups in total. The molecule has 0 saturated carbocycles. The Kier molecular flexibility index (Phi) is 4.80. The van der Waals surface area contributed by atoms with Crippen LogP contribution in [0.15, 0.2) is 24.3 Å². The van der Waals surface area contributed by atoms with Crippen LogP contribution in [0.5, 0.6) is 0 Å². The van der Waals surface area contributed by atoms with Gasteiger partial charge in [-0.3, -0.25) is 0 Å². The van der Waals surface area contributed by atoms with Crippen LogP contribution in [-0.4, -0.2) is 34.3 Å². The number of hydrogen-bond donors (Lipinski definition) is 2. The molecular formula is C13H17ClN2OS. The molecule has 1 aromatic carbocycles. The number of benzene rings is 1. The van der Waals surface area contributed by atoms with E-state index in [0.717, 1.165) is 31.5 Å². The molecular weight excluding hydrogens is 268 g/mol. The normalized spacial score (nSPS) is 19.7. The Morgan fingerprint density at radius 1 is 1.39 bits per heavy atom. The lowest BCUT2D eigenvalue weighted by Gasteiger charge is -2.36. The van der Waals surface area contributed by atoms with Gasteiger partial charge in [-0.1, -0.05) is 11.6 Å². The van der Waals surface area contributed by atoms with E-state index in [9.17, 15) is 5.11 Å². The summed E-state index contributed by atoms with van der Waals surface area (Å²) in [4.78, 5) is 2.08. The van der Waals surface area contributed by atoms with Crippen LogP contribution < -0.4 is 5.32 Å². The zero-order valence-electron chi connectivity index (χ0n) is 10.1. The second kappa shape index (κ2) is 6.36. The minimum Gasteiger partial charge on any atom is -0.394 e. The van der Waals surface area contributed by atoms with Crippen LogP contribution in [0.3, 0.4) is 0 Å². The molecule has 0 amide bonds. The number of hydrogen-bond acceptors (Lipinski definition) is 2. The fourth-order valence-corrected chi connectivity index (χ4v) is 2.67. The van der Waals surface area contributed by atoms with Crippen LogP contribution in [0.25, 0.3) is 0 Å². The van der Waals surface area contributed by atoms with E-state index in [-0.39, 0.29) is 12.6 Å². The van der Waals surface area contributed by atoms with E-state index in [4.69, 9.17) is 23.8 Å². The topological polar surface area (TPSA) is 35.5 Å². The number of aliphatic hydroxyl groups excluding tert-OH is 1. The van der Waals surface area contributed by atoms with E-state index in [1.807, 2.05) is 24.3 Å². The van der Waals surface area contributed by atoms with Crippen molar-refractivity contribution in [3.05, 3.63) is 29.3 Å². The van der Waals surface area contributed by atoms with E-state index in [1.165, 1.54) is 0 Å². The molecule has 98 valence electrons. The first-order valence-corrected chi connectivity index (χ1v) is 6.93. The minimum atomic E-state index is 0.144. The van der Waals surface area contributed by atoms with Crippen LogP contribution in [0, 0.1) is 0 Å². The number of likely N-dealkylation sites (tertiary alicyclic amines) is 1. The van der Waals surface area contributed by atoms with E-state index in [1.54, 1.807) is 0 Å². The summed E-state index contributed by atoms with van der Waals surface area (Å²) in [5.41, 5.74) is 0.923. The molecule has 1 unspecified atom stereocenters. The fraction of sp³-hybridized carbons (Fsp3) is 0.462. The standard InChI is InChI=1S/C13H17ClN2OS/c14-10-4-6-11(7-5-10)15-13(18)16-8-2-1-3-12(16)9-17/h4-7,12,17H,1-3,8-9H2,(H,15,18). The molecule has 3 nitrogen and oxygen atoms in total. The van der Waals surface area contributed by atoms with Crippen molar-refractivity contribution in [1.29, 1.82) is 0 Å². The van der Waals surface area contributed by atoms with E-state index >= 15 is 0 Å². The van der Waals surface area contributed by atoms with Gasteiger partial charge in [0.05, 0.1) is 12.6 Å².